The fraction of sp³-hybridized carbons (Fsp3) is 0.143. The average Bonchev–Trinajstić information content (AvgIpc) is 2.96. The standard InChI is InChI=1S/C14H12ClN3O4S/c1-9(22-12-4-2-3-10(15)5-12)14(19)17-16-7-13-6-11(8-23-13)18(20)21/h2-9H,1H3,(H,17,19)/b16-7-/t9-/m0/s1. The highest BCUT2D eigenvalue weighted by Gasteiger charge is 2.14. The summed E-state index contributed by atoms with van der Waals surface area (Å²) in [7, 11) is 0. The monoisotopic (exact) mass is 353 g/mol. The molecule has 0 fully saturated rings. The average molecular weight is 354 g/mol. The van der Waals surface area contributed by atoms with E-state index in [2.05, 4.69) is 10.5 Å². The number of halogens is 1. The molecule has 7 nitrogen and oxygen atoms in total. The lowest BCUT2D eigenvalue weighted by Gasteiger charge is -2.12. The van der Waals surface area contributed by atoms with Gasteiger partial charge >= 0.3 is 0 Å². The molecule has 0 aliphatic carbocycles. The number of hydrogen-bond acceptors (Lipinski definition) is 6. The van der Waals surface area contributed by atoms with Crippen molar-refractivity contribution in [2.24, 2.45) is 5.10 Å². The van der Waals surface area contributed by atoms with E-state index in [1.807, 2.05) is 0 Å². The van der Waals surface area contributed by atoms with Crippen LogP contribution in [0.2, 0.25) is 5.02 Å². The number of thiophene rings is 1. The number of benzene rings is 1. The smallest absolute Gasteiger partial charge is 0.280 e. The number of ether oxygens (including phenoxy) is 1. The Labute approximate surface area is 140 Å². The number of rotatable bonds is 6. The van der Waals surface area contributed by atoms with Gasteiger partial charge in [-0.2, -0.15) is 5.10 Å². The van der Waals surface area contributed by atoms with Crippen LogP contribution in [-0.2, 0) is 4.79 Å². The van der Waals surface area contributed by atoms with Crippen LogP contribution in [0.15, 0.2) is 40.8 Å². The summed E-state index contributed by atoms with van der Waals surface area (Å²) < 4.78 is 5.44. The van der Waals surface area contributed by atoms with Gasteiger partial charge in [-0.3, -0.25) is 14.9 Å². The molecular weight excluding hydrogens is 342 g/mol. The first-order chi connectivity index (χ1) is 11.0. The number of amides is 1. The van der Waals surface area contributed by atoms with Crippen LogP contribution in [0.1, 0.15) is 11.8 Å². The lowest BCUT2D eigenvalue weighted by molar-refractivity contribution is -0.384. The van der Waals surface area contributed by atoms with Crippen molar-refractivity contribution in [3.8, 4) is 5.75 Å². The predicted molar refractivity (Wildman–Crippen MR) is 88.3 cm³/mol. The van der Waals surface area contributed by atoms with E-state index in [9.17, 15) is 14.9 Å². The molecular formula is C14H12ClN3O4S. The molecule has 1 aromatic heterocycles. The second kappa shape index (κ2) is 7.70. The van der Waals surface area contributed by atoms with Gasteiger partial charge < -0.3 is 4.74 Å². The van der Waals surface area contributed by atoms with Crippen molar-refractivity contribution in [1.82, 2.24) is 5.43 Å². The minimum Gasteiger partial charge on any atom is -0.481 e. The van der Waals surface area contributed by atoms with E-state index in [1.165, 1.54) is 17.7 Å². The maximum Gasteiger partial charge on any atom is 0.280 e. The third-order valence-corrected chi connectivity index (χ3v) is 3.75. The topological polar surface area (TPSA) is 93.8 Å². The van der Waals surface area contributed by atoms with Crippen molar-refractivity contribution in [1.29, 1.82) is 0 Å². The quantitative estimate of drug-likeness (QED) is 0.490. The Morgan fingerprint density at radius 3 is 2.96 bits per heavy atom. The zero-order valence-electron chi connectivity index (χ0n) is 11.9. The van der Waals surface area contributed by atoms with Crippen molar-refractivity contribution in [3.63, 3.8) is 0 Å². The van der Waals surface area contributed by atoms with E-state index >= 15 is 0 Å². The molecule has 0 saturated heterocycles. The maximum absolute atomic E-state index is 11.8. The van der Waals surface area contributed by atoms with Gasteiger partial charge in [0.25, 0.3) is 11.6 Å². The summed E-state index contributed by atoms with van der Waals surface area (Å²) in [5.41, 5.74) is 2.30. The lowest BCUT2D eigenvalue weighted by atomic mass is 10.3. The first kappa shape index (κ1) is 16.9. The first-order valence-electron chi connectivity index (χ1n) is 6.44. The fourth-order valence-corrected chi connectivity index (χ4v) is 2.45. The first-order valence-corrected chi connectivity index (χ1v) is 7.69. The van der Waals surface area contributed by atoms with Crippen molar-refractivity contribution < 1.29 is 14.5 Å². The van der Waals surface area contributed by atoms with Gasteiger partial charge in [0.2, 0.25) is 0 Å². The summed E-state index contributed by atoms with van der Waals surface area (Å²) in [6, 6.07) is 8.06. The molecule has 9 heteroatoms. The molecule has 120 valence electrons. The van der Waals surface area contributed by atoms with Crippen LogP contribution in [-0.4, -0.2) is 23.1 Å². The summed E-state index contributed by atoms with van der Waals surface area (Å²) in [6.07, 6.45) is 0.560. The zero-order valence-corrected chi connectivity index (χ0v) is 13.5. The summed E-state index contributed by atoms with van der Waals surface area (Å²) in [5, 5.41) is 16.2. The highest BCUT2D eigenvalue weighted by molar-refractivity contribution is 7.12. The molecule has 0 bridgehead atoms. The number of hydrogen-bond donors (Lipinski definition) is 1. The Hall–Kier alpha value is -2.45. The van der Waals surface area contributed by atoms with E-state index < -0.39 is 16.9 Å². The molecule has 2 aromatic rings. The Morgan fingerprint density at radius 2 is 2.30 bits per heavy atom. The molecule has 2 rings (SSSR count). The number of carbonyl (C=O) groups is 1. The molecule has 0 aliphatic rings. The van der Waals surface area contributed by atoms with Crippen LogP contribution in [0.4, 0.5) is 5.69 Å². The van der Waals surface area contributed by atoms with E-state index in [0.29, 0.717) is 15.6 Å². The fourth-order valence-electron chi connectivity index (χ4n) is 1.55. The minimum absolute atomic E-state index is 0.0135. The third-order valence-electron chi connectivity index (χ3n) is 2.66. The van der Waals surface area contributed by atoms with Gasteiger partial charge in [0.15, 0.2) is 6.10 Å². The van der Waals surface area contributed by atoms with Crippen molar-refractivity contribution in [2.45, 2.75) is 13.0 Å². The maximum atomic E-state index is 11.8. The molecule has 1 aromatic carbocycles. The van der Waals surface area contributed by atoms with Crippen molar-refractivity contribution in [2.75, 3.05) is 0 Å². The number of nitrogens with zero attached hydrogens (tertiary/aromatic N) is 2. The van der Waals surface area contributed by atoms with E-state index in [0.717, 1.165) is 11.3 Å². The van der Waals surface area contributed by atoms with E-state index in [4.69, 9.17) is 16.3 Å². The van der Waals surface area contributed by atoms with Crippen LogP contribution in [0.3, 0.4) is 0 Å². The molecule has 1 N–H and O–H groups in total. The largest absolute Gasteiger partial charge is 0.481 e. The highest BCUT2D eigenvalue weighted by Crippen LogP contribution is 2.20. The van der Waals surface area contributed by atoms with Crippen molar-refractivity contribution >= 4 is 40.7 Å². The molecule has 0 radical (unpaired) electrons. The molecule has 0 spiro atoms. The number of carbonyl (C=O) groups excluding carboxylic acids is 1. The molecule has 1 heterocycles. The van der Waals surface area contributed by atoms with Gasteiger partial charge in [0.05, 0.1) is 21.4 Å². The predicted octanol–water partition coefficient (Wildman–Crippen LogP) is 3.23. The third kappa shape index (κ3) is 5.04. The molecule has 0 saturated carbocycles. The SMILES string of the molecule is C[C@H](Oc1cccc(Cl)c1)C(=O)N/N=C\c1cc([N+](=O)[O-])cs1. The van der Waals surface area contributed by atoms with Gasteiger partial charge in [0.1, 0.15) is 5.75 Å². The van der Waals surface area contributed by atoms with Crippen LogP contribution < -0.4 is 10.2 Å². The van der Waals surface area contributed by atoms with E-state index in [1.54, 1.807) is 31.2 Å². The number of hydrazone groups is 1. The van der Waals surface area contributed by atoms with Gasteiger partial charge in [0, 0.05) is 11.1 Å². The van der Waals surface area contributed by atoms with Gasteiger partial charge in [-0.1, -0.05) is 17.7 Å². The van der Waals surface area contributed by atoms with Gasteiger partial charge in [-0.25, -0.2) is 5.43 Å². The Balaban J connectivity index is 1.88. The molecule has 1 atom stereocenters. The van der Waals surface area contributed by atoms with Crippen LogP contribution in [0.25, 0.3) is 0 Å². The summed E-state index contributed by atoms with van der Waals surface area (Å²) in [6.45, 7) is 1.57. The zero-order chi connectivity index (χ0) is 16.8. The normalized spacial score (nSPS) is 12.1. The van der Waals surface area contributed by atoms with Gasteiger partial charge in [-0.05, 0) is 25.1 Å². The Kier molecular flexibility index (Phi) is 5.67. The Morgan fingerprint density at radius 1 is 1.52 bits per heavy atom. The Bertz CT molecular complexity index is 747. The summed E-state index contributed by atoms with van der Waals surface area (Å²) >= 11 is 6.99. The summed E-state index contributed by atoms with van der Waals surface area (Å²) in [5.74, 6) is 0.0188. The van der Waals surface area contributed by atoms with Crippen molar-refractivity contribution in [3.05, 3.63) is 55.7 Å². The summed E-state index contributed by atoms with van der Waals surface area (Å²) in [4.78, 5) is 22.5. The second-order valence-electron chi connectivity index (χ2n) is 4.42. The molecule has 0 unspecified atom stereocenters. The van der Waals surface area contributed by atoms with Crippen LogP contribution in [0.5, 0.6) is 5.75 Å². The number of nitro groups is 1. The van der Waals surface area contributed by atoms with Gasteiger partial charge in [-0.15, -0.1) is 11.3 Å². The highest BCUT2D eigenvalue weighted by atomic mass is 35.5. The number of nitrogens with one attached hydrogen (secondary N) is 1. The van der Waals surface area contributed by atoms with Crippen LogP contribution in [0, 0.1) is 10.1 Å². The molecule has 23 heavy (non-hydrogen) atoms. The van der Waals surface area contributed by atoms with Crippen LogP contribution >= 0.6 is 22.9 Å². The molecule has 0 aliphatic heterocycles. The molecule has 1 amide bonds. The lowest BCUT2D eigenvalue weighted by Crippen LogP contribution is -2.33. The minimum atomic E-state index is -0.775. The second-order valence-corrected chi connectivity index (χ2v) is 5.80. The van der Waals surface area contributed by atoms with E-state index in [-0.39, 0.29) is 5.69 Å².